The summed E-state index contributed by atoms with van der Waals surface area (Å²) in [6.45, 7) is 7.25. The molecule has 3 rings (SSSR count). The number of primary amides is 1. The van der Waals surface area contributed by atoms with Crippen LogP contribution < -0.4 is 21.3 Å². The molecule has 1 saturated heterocycles. The number of nitrogens with zero attached hydrogens (tertiary/aromatic N) is 2. The number of nitrogens with one attached hydrogen (secondary N) is 2. The number of guanidine groups is 1. The summed E-state index contributed by atoms with van der Waals surface area (Å²) in [4.78, 5) is 18.1. The van der Waals surface area contributed by atoms with E-state index in [1.807, 2.05) is 6.92 Å². The zero-order valence-electron chi connectivity index (χ0n) is 17.0. The van der Waals surface area contributed by atoms with Gasteiger partial charge in [-0.1, -0.05) is 17.7 Å². The fraction of sp³-hybridized carbons (Fsp3) is 0.429. The third-order valence-electron chi connectivity index (χ3n) is 4.80. The fourth-order valence-electron chi connectivity index (χ4n) is 3.35. The normalized spacial score (nSPS) is 16.8. The maximum Gasteiger partial charge on any atom is 0.284 e. The lowest BCUT2D eigenvalue weighted by Gasteiger charge is -2.35. The van der Waals surface area contributed by atoms with Crippen molar-refractivity contribution in [1.29, 1.82) is 0 Å². The number of piperidine rings is 1. The molecule has 1 aliphatic rings. The minimum absolute atomic E-state index is 0. The molecular formula is C21H30IN5O2. The highest BCUT2D eigenvalue weighted by molar-refractivity contribution is 14.0. The van der Waals surface area contributed by atoms with Crippen LogP contribution in [-0.2, 0) is 6.54 Å². The first-order valence-corrected chi connectivity index (χ1v) is 9.80. The Balaban J connectivity index is 0.00000300. The molecular weight excluding hydrogens is 481 g/mol. The molecule has 0 aliphatic carbocycles. The second kappa shape index (κ2) is 11.1. The van der Waals surface area contributed by atoms with Gasteiger partial charge >= 0.3 is 0 Å². The van der Waals surface area contributed by atoms with Gasteiger partial charge in [0, 0.05) is 31.4 Å². The first-order chi connectivity index (χ1) is 13.5. The van der Waals surface area contributed by atoms with Gasteiger partial charge in [-0.05, 0) is 51.0 Å². The van der Waals surface area contributed by atoms with Gasteiger partial charge in [0.2, 0.25) is 0 Å². The number of hydrogen-bond acceptors (Lipinski definition) is 4. The van der Waals surface area contributed by atoms with Gasteiger partial charge in [-0.15, -0.1) is 24.0 Å². The number of nitrogens with two attached hydrogens (primary N) is 1. The average molecular weight is 511 g/mol. The summed E-state index contributed by atoms with van der Waals surface area (Å²) < 4.78 is 5.40. The molecule has 2 aromatic rings. The van der Waals surface area contributed by atoms with Gasteiger partial charge in [-0.2, -0.15) is 0 Å². The molecule has 0 radical (unpaired) electrons. The van der Waals surface area contributed by atoms with E-state index in [9.17, 15) is 4.79 Å². The number of anilines is 1. The molecule has 8 heteroatoms. The van der Waals surface area contributed by atoms with Crippen molar-refractivity contribution in [2.24, 2.45) is 10.7 Å². The fourth-order valence-corrected chi connectivity index (χ4v) is 3.35. The lowest BCUT2D eigenvalue weighted by atomic mass is 10.0. The van der Waals surface area contributed by atoms with E-state index in [0.29, 0.717) is 18.3 Å². The Morgan fingerprint density at radius 3 is 2.69 bits per heavy atom. The van der Waals surface area contributed by atoms with Gasteiger partial charge in [-0.3, -0.25) is 4.79 Å². The second-order valence-corrected chi connectivity index (χ2v) is 7.09. The predicted octanol–water partition coefficient (Wildman–Crippen LogP) is 3.03. The van der Waals surface area contributed by atoms with Gasteiger partial charge in [0.05, 0.1) is 0 Å². The maximum absolute atomic E-state index is 11.1. The van der Waals surface area contributed by atoms with Crippen LogP contribution in [0.25, 0.3) is 0 Å². The van der Waals surface area contributed by atoms with Crippen molar-refractivity contribution in [2.75, 3.05) is 24.5 Å². The van der Waals surface area contributed by atoms with Crippen LogP contribution in [0.5, 0.6) is 0 Å². The van der Waals surface area contributed by atoms with E-state index >= 15 is 0 Å². The van der Waals surface area contributed by atoms with E-state index in [2.05, 4.69) is 51.7 Å². The Hall–Kier alpha value is -2.23. The minimum atomic E-state index is -0.571. The Bertz CT molecular complexity index is 819. The standard InChI is InChI=1S/C21H29N5O2.HI/c1-3-23-21(24-13-18-10-11-19(28-18)20(22)27)25-16-5-4-12-26(14-16)17-8-6-15(2)7-9-17;/h6-11,16H,3-5,12-14H2,1-2H3,(H2,22,27)(H2,23,24,25);1H. The number of furan rings is 1. The van der Waals surface area contributed by atoms with Crippen LogP contribution in [0.1, 0.15) is 41.6 Å². The van der Waals surface area contributed by atoms with Crippen molar-refractivity contribution < 1.29 is 9.21 Å². The van der Waals surface area contributed by atoms with Crippen molar-refractivity contribution in [3.8, 4) is 0 Å². The molecule has 2 heterocycles. The smallest absolute Gasteiger partial charge is 0.284 e. The highest BCUT2D eigenvalue weighted by Gasteiger charge is 2.21. The van der Waals surface area contributed by atoms with Gasteiger partial charge in [-0.25, -0.2) is 4.99 Å². The summed E-state index contributed by atoms with van der Waals surface area (Å²) in [5.41, 5.74) is 7.76. The van der Waals surface area contributed by atoms with E-state index in [1.165, 1.54) is 11.3 Å². The number of aliphatic imine (C=N–C) groups is 1. The summed E-state index contributed by atoms with van der Waals surface area (Å²) >= 11 is 0. The molecule has 4 N–H and O–H groups in total. The van der Waals surface area contributed by atoms with E-state index in [-0.39, 0.29) is 29.7 Å². The van der Waals surface area contributed by atoms with Crippen LogP contribution in [-0.4, -0.2) is 37.5 Å². The number of benzene rings is 1. The van der Waals surface area contributed by atoms with Crippen molar-refractivity contribution in [3.63, 3.8) is 0 Å². The number of amides is 1. The highest BCUT2D eigenvalue weighted by Crippen LogP contribution is 2.20. The zero-order valence-corrected chi connectivity index (χ0v) is 19.3. The Labute approximate surface area is 189 Å². The number of aryl methyl sites for hydroxylation is 1. The minimum Gasteiger partial charge on any atom is -0.454 e. The first-order valence-electron chi connectivity index (χ1n) is 9.80. The predicted molar refractivity (Wildman–Crippen MR) is 127 cm³/mol. The molecule has 0 bridgehead atoms. The third-order valence-corrected chi connectivity index (χ3v) is 4.80. The second-order valence-electron chi connectivity index (χ2n) is 7.09. The molecule has 7 nitrogen and oxygen atoms in total. The lowest BCUT2D eigenvalue weighted by molar-refractivity contribution is 0.0972. The van der Waals surface area contributed by atoms with Crippen molar-refractivity contribution in [3.05, 3.63) is 53.5 Å². The van der Waals surface area contributed by atoms with Crippen molar-refractivity contribution in [2.45, 2.75) is 39.3 Å². The highest BCUT2D eigenvalue weighted by atomic mass is 127. The number of hydrogen-bond donors (Lipinski definition) is 3. The Morgan fingerprint density at radius 1 is 1.28 bits per heavy atom. The van der Waals surface area contributed by atoms with E-state index in [4.69, 9.17) is 10.2 Å². The van der Waals surface area contributed by atoms with E-state index < -0.39 is 5.91 Å². The summed E-state index contributed by atoms with van der Waals surface area (Å²) in [6, 6.07) is 12.3. The summed E-state index contributed by atoms with van der Waals surface area (Å²) in [5.74, 6) is 0.939. The zero-order chi connectivity index (χ0) is 19.9. The summed E-state index contributed by atoms with van der Waals surface area (Å²) in [7, 11) is 0. The van der Waals surface area contributed by atoms with Crippen LogP contribution in [0.3, 0.4) is 0 Å². The Morgan fingerprint density at radius 2 is 2.03 bits per heavy atom. The van der Waals surface area contributed by atoms with Crippen LogP contribution >= 0.6 is 24.0 Å². The molecule has 1 atom stereocenters. The van der Waals surface area contributed by atoms with Crippen LogP contribution in [0.2, 0.25) is 0 Å². The molecule has 1 aromatic heterocycles. The number of halogens is 1. The summed E-state index contributed by atoms with van der Waals surface area (Å²) in [6.07, 6.45) is 2.23. The quantitative estimate of drug-likeness (QED) is 0.315. The molecule has 1 fully saturated rings. The molecule has 1 amide bonds. The third kappa shape index (κ3) is 6.66. The SMILES string of the molecule is CCNC(=NCc1ccc(C(N)=O)o1)NC1CCCN(c2ccc(C)cc2)C1.I. The number of carbonyl (C=O) groups is 1. The monoisotopic (exact) mass is 511 g/mol. The van der Waals surface area contributed by atoms with E-state index in [1.54, 1.807) is 12.1 Å². The molecule has 1 aromatic carbocycles. The Kier molecular flexibility index (Phi) is 8.81. The number of carbonyl (C=O) groups excluding carboxylic acids is 1. The van der Waals surface area contributed by atoms with Gasteiger partial charge in [0.15, 0.2) is 11.7 Å². The topological polar surface area (TPSA) is 95.9 Å². The van der Waals surface area contributed by atoms with Gasteiger partial charge in [0.25, 0.3) is 5.91 Å². The van der Waals surface area contributed by atoms with Crippen LogP contribution in [0.4, 0.5) is 5.69 Å². The van der Waals surface area contributed by atoms with Gasteiger partial charge in [0.1, 0.15) is 12.3 Å². The summed E-state index contributed by atoms with van der Waals surface area (Å²) in [5, 5.41) is 6.81. The number of rotatable bonds is 6. The van der Waals surface area contributed by atoms with Crippen molar-refractivity contribution in [1.82, 2.24) is 10.6 Å². The van der Waals surface area contributed by atoms with Crippen LogP contribution in [0, 0.1) is 6.92 Å². The average Bonchev–Trinajstić information content (AvgIpc) is 3.17. The maximum atomic E-state index is 11.1. The molecule has 0 spiro atoms. The van der Waals surface area contributed by atoms with Crippen molar-refractivity contribution >= 4 is 41.5 Å². The molecule has 0 saturated carbocycles. The molecule has 29 heavy (non-hydrogen) atoms. The first kappa shape index (κ1) is 23.1. The van der Waals surface area contributed by atoms with Gasteiger partial charge < -0.3 is 25.7 Å². The molecule has 1 unspecified atom stereocenters. The largest absolute Gasteiger partial charge is 0.454 e. The lowest BCUT2D eigenvalue weighted by Crippen LogP contribution is -2.51. The van der Waals surface area contributed by atoms with Crippen LogP contribution in [0.15, 0.2) is 45.8 Å². The van der Waals surface area contributed by atoms with E-state index in [0.717, 1.165) is 38.4 Å². The molecule has 158 valence electrons. The molecule has 1 aliphatic heterocycles.